The summed E-state index contributed by atoms with van der Waals surface area (Å²) in [6.45, 7) is 6.22. The van der Waals surface area contributed by atoms with Crippen molar-refractivity contribution < 1.29 is 23.8 Å². The lowest BCUT2D eigenvalue weighted by molar-refractivity contribution is -0.178. The van der Waals surface area contributed by atoms with Crippen molar-refractivity contribution in [3.63, 3.8) is 0 Å². The van der Waals surface area contributed by atoms with Crippen molar-refractivity contribution in [1.82, 2.24) is 4.90 Å². The van der Waals surface area contributed by atoms with E-state index in [2.05, 4.69) is 0 Å². The Labute approximate surface area is 142 Å². The van der Waals surface area contributed by atoms with Crippen LogP contribution in [-0.4, -0.2) is 53.0 Å². The molecule has 0 aromatic heterocycles. The first-order chi connectivity index (χ1) is 11.3. The van der Waals surface area contributed by atoms with Gasteiger partial charge in [-0.1, -0.05) is 0 Å². The fourth-order valence-electron chi connectivity index (χ4n) is 5.41. The molecule has 3 saturated heterocycles. The van der Waals surface area contributed by atoms with Gasteiger partial charge in [0.25, 0.3) is 0 Å². The number of piperidine rings is 1. The molecule has 3 aliphatic heterocycles. The molecule has 4 aliphatic rings. The van der Waals surface area contributed by atoms with Gasteiger partial charge in [0.2, 0.25) is 5.91 Å². The molecule has 1 saturated carbocycles. The second-order valence-corrected chi connectivity index (χ2v) is 8.14. The van der Waals surface area contributed by atoms with Gasteiger partial charge in [-0.05, 0) is 46.0 Å². The molecule has 0 aromatic rings. The first-order valence-corrected chi connectivity index (χ1v) is 9.17. The van der Waals surface area contributed by atoms with Crippen LogP contribution in [0.2, 0.25) is 0 Å². The quantitative estimate of drug-likeness (QED) is 0.685. The van der Waals surface area contributed by atoms with Crippen LogP contribution < -0.4 is 0 Å². The topological polar surface area (TPSA) is 65.1 Å². The maximum Gasteiger partial charge on any atom is 0.306 e. The highest BCUT2D eigenvalue weighted by molar-refractivity contribution is 5.76. The van der Waals surface area contributed by atoms with Gasteiger partial charge in [0.05, 0.1) is 24.7 Å². The third-order valence-electron chi connectivity index (χ3n) is 6.23. The molecule has 0 spiro atoms. The Morgan fingerprint density at radius 3 is 2.75 bits per heavy atom. The molecule has 0 N–H and O–H groups in total. The highest BCUT2D eigenvalue weighted by Gasteiger charge is 2.65. The molecule has 1 amide bonds. The lowest BCUT2D eigenvalue weighted by atomic mass is 9.67. The van der Waals surface area contributed by atoms with Crippen LogP contribution in [0.15, 0.2) is 0 Å². The summed E-state index contributed by atoms with van der Waals surface area (Å²) in [5.74, 6) is -0.746. The molecule has 0 radical (unpaired) electrons. The minimum Gasteiger partial charge on any atom is -0.456 e. The molecule has 6 heteroatoms. The third kappa shape index (κ3) is 2.37. The summed E-state index contributed by atoms with van der Waals surface area (Å²) in [5, 5.41) is 0. The number of amides is 1. The van der Waals surface area contributed by atoms with E-state index in [-0.39, 0.29) is 36.0 Å². The van der Waals surface area contributed by atoms with Gasteiger partial charge in [-0.3, -0.25) is 9.59 Å². The van der Waals surface area contributed by atoms with Gasteiger partial charge in [-0.15, -0.1) is 0 Å². The van der Waals surface area contributed by atoms with Gasteiger partial charge >= 0.3 is 5.97 Å². The molecule has 24 heavy (non-hydrogen) atoms. The number of hydrogen-bond donors (Lipinski definition) is 0. The number of nitrogens with zero attached hydrogens (tertiary/aromatic N) is 1. The monoisotopic (exact) mass is 337 g/mol. The van der Waals surface area contributed by atoms with E-state index >= 15 is 0 Å². The van der Waals surface area contributed by atoms with Crippen molar-refractivity contribution in [3.8, 4) is 0 Å². The summed E-state index contributed by atoms with van der Waals surface area (Å²) in [7, 11) is 0. The van der Waals surface area contributed by atoms with Crippen LogP contribution in [0.5, 0.6) is 0 Å². The lowest BCUT2D eigenvalue weighted by Crippen LogP contribution is -2.63. The average Bonchev–Trinajstić information content (AvgIpc) is 3.02. The zero-order chi connectivity index (χ0) is 17.1. The lowest BCUT2D eigenvalue weighted by Gasteiger charge is -2.51. The third-order valence-corrected chi connectivity index (χ3v) is 6.23. The normalized spacial score (nSPS) is 44.0. The number of esters is 1. The van der Waals surface area contributed by atoms with E-state index in [1.807, 2.05) is 18.7 Å². The molecule has 4 rings (SSSR count). The van der Waals surface area contributed by atoms with Crippen LogP contribution in [0.25, 0.3) is 0 Å². The molecular formula is C18H27NO5. The standard InChI is InChI=1S/C18H27NO5/c1-11(20)19-9-5-4-6-14(19)18-8-7-13-16(24-17(2,3)22-13)12(18)10-15(21)23-18/h12-14,16H,4-10H2,1-3H3/t12-,13+,14+,16-,18+/m1/s1. The van der Waals surface area contributed by atoms with Crippen molar-refractivity contribution in [2.24, 2.45) is 5.92 Å². The first kappa shape index (κ1) is 16.3. The van der Waals surface area contributed by atoms with Crippen LogP contribution in [0.3, 0.4) is 0 Å². The van der Waals surface area contributed by atoms with E-state index in [1.165, 1.54) is 0 Å². The van der Waals surface area contributed by atoms with Gasteiger partial charge in [-0.25, -0.2) is 0 Å². The summed E-state index contributed by atoms with van der Waals surface area (Å²) < 4.78 is 18.2. The van der Waals surface area contributed by atoms with E-state index in [1.54, 1.807) is 6.92 Å². The van der Waals surface area contributed by atoms with Crippen LogP contribution in [0.4, 0.5) is 0 Å². The van der Waals surface area contributed by atoms with Crippen molar-refractivity contribution in [1.29, 1.82) is 0 Å². The van der Waals surface area contributed by atoms with Crippen molar-refractivity contribution in [3.05, 3.63) is 0 Å². The highest BCUT2D eigenvalue weighted by atomic mass is 16.8. The molecular weight excluding hydrogens is 310 g/mol. The van der Waals surface area contributed by atoms with E-state index in [0.29, 0.717) is 6.42 Å². The Kier molecular flexibility index (Phi) is 3.69. The van der Waals surface area contributed by atoms with E-state index in [0.717, 1.165) is 38.6 Å². The summed E-state index contributed by atoms with van der Waals surface area (Å²) in [5.41, 5.74) is -0.603. The number of likely N-dealkylation sites (tertiary alicyclic amines) is 1. The number of rotatable bonds is 1. The Hall–Kier alpha value is -1.14. The van der Waals surface area contributed by atoms with E-state index in [9.17, 15) is 9.59 Å². The van der Waals surface area contributed by atoms with Crippen LogP contribution in [0, 0.1) is 5.92 Å². The van der Waals surface area contributed by atoms with Crippen LogP contribution in [0.1, 0.15) is 59.3 Å². The van der Waals surface area contributed by atoms with Gasteiger partial charge < -0.3 is 19.1 Å². The highest BCUT2D eigenvalue weighted by Crippen LogP contribution is 2.53. The first-order valence-electron chi connectivity index (χ1n) is 9.17. The molecule has 4 fully saturated rings. The molecule has 134 valence electrons. The molecule has 5 atom stereocenters. The predicted octanol–water partition coefficient (Wildman–Crippen LogP) is 2.00. The zero-order valence-electron chi connectivity index (χ0n) is 14.7. The minimum absolute atomic E-state index is 0.0157. The second-order valence-electron chi connectivity index (χ2n) is 8.14. The number of carbonyl (C=O) groups is 2. The Morgan fingerprint density at radius 1 is 1.21 bits per heavy atom. The molecule has 0 bridgehead atoms. The number of hydrogen-bond acceptors (Lipinski definition) is 5. The summed E-state index contributed by atoms with van der Waals surface area (Å²) in [6.07, 6.45) is 4.78. The number of carbonyl (C=O) groups excluding carboxylic acids is 2. The Balaban J connectivity index is 1.69. The zero-order valence-corrected chi connectivity index (χ0v) is 14.7. The Bertz CT molecular complexity index is 562. The maximum atomic E-state index is 12.3. The predicted molar refractivity (Wildman–Crippen MR) is 85.0 cm³/mol. The fourth-order valence-corrected chi connectivity index (χ4v) is 5.41. The van der Waals surface area contributed by atoms with Crippen molar-refractivity contribution in [2.45, 2.75) is 88.9 Å². The Morgan fingerprint density at radius 2 is 2.00 bits per heavy atom. The van der Waals surface area contributed by atoms with Gasteiger partial charge in [0.15, 0.2) is 5.79 Å². The molecule has 3 heterocycles. The smallest absolute Gasteiger partial charge is 0.306 e. The minimum atomic E-state index is -0.621. The van der Waals surface area contributed by atoms with E-state index < -0.39 is 11.4 Å². The van der Waals surface area contributed by atoms with Crippen molar-refractivity contribution in [2.75, 3.05) is 6.54 Å². The van der Waals surface area contributed by atoms with Crippen LogP contribution >= 0.6 is 0 Å². The molecule has 1 aliphatic carbocycles. The average molecular weight is 337 g/mol. The molecule has 0 unspecified atom stereocenters. The molecule has 0 aromatic carbocycles. The fraction of sp³-hybridized carbons (Fsp3) is 0.889. The SMILES string of the molecule is CC(=O)N1CCCC[C@H]1[C@]12CC[C@@H]3OC(C)(C)O[C@@H]3[C@H]1CC(=O)O2. The second kappa shape index (κ2) is 5.43. The molecule has 6 nitrogen and oxygen atoms in total. The van der Waals surface area contributed by atoms with Gasteiger partial charge in [0, 0.05) is 19.4 Å². The summed E-state index contributed by atoms with van der Waals surface area (Å²) in [6, 6.07) is -0.0338. The van der Waals surface area contributed by atoms with Gasteiger partial charge in [-0.2, -0.15) is 0 Å². The number of fused-ring (bicyclic) bond motifs is 3. The van der Waals surface area contributed by atoms with Crippen molar-refractivity contribution >= 4 is 11.9 Å². The summed E-state index contributed by atoms with van der Waals surface area (Å²) >= 11 is 0. The largest absolute Gasteiger partial charge is 0.456 e. The number of ether oxygens (including phenoxy) is 3. The maximum absolute atomic E-state index is 12.3. The van der Waals surface area contributed by atoms with E-state index in [4.69, 9.17) is 14.2 Å². The van der Waals surface area contributed by atoms with Crippen LogP contribution in [-0.2, 0) is 23.8 Å². The summed E-state index contributed by atoms with van der Waals surface area (Å²) in [4.78, 5) is 26.4. The van der Waals surface area contributed by atoms with Gasteiger partial charge in [0.1, 0.15) is 5.60 Å².